The van der Waals surface area contributed by atoms with Crippen molar-refractivity contribution in [2.75, 3.05) is 12.4 Å². The molecule has 3 aromatic heterocycles. The van der Waals surface area contributed by atoms with Crippen molar-refractivity contribution in [3.05, 3.63) is 77.6 Å². The Morgan fingerprint density at radius 2 is 2.06 bits per heavy atom. The molecule has 4 aromatic rings. The minimum atomic E-state index is -0.400. The lowest BCUT2D eigenvalue weighted by molar-refractivity contribution is 0.0957. The fourth-order valence-corrected chi connectivity index (χ4v) is 5.29. The third-order valence-electron chi connectivity index (χ3n) is 6.26. The monoisotopic (exact) mass is 491 g/mol. The van der Waals surface area contributed by atoms with Crippen LogP contribution in [0.4, 0.5) is 4.39 Å². The zero-order chi connectivity index (χ0) is 24.4. The van der Waals surface area contributed by atoms with Crippen molar-refractivity contribution in [3.8, 4) is 17.1 Å². The van der Waals surface area contributed by atoms with Gasteiger partial charge in [0.15, 0.2) is 16.8 Å². The summed E-state index contributed by atoms with van der Waals surface area (Å²) >= 11 is 1.24. The molecule has 0 saturated carbocycles. The molecule has 0 bridgehead atoms. The van der Waals surface area contributed by atoms with E-state index in [1.165, 1.54) is 17.8 Å². The molecule has 1 aliphatic heterocycles. The number of carbonyl (C=O) groups excluding carboxylic acids is 1. The van der Waals surface area contributed by atoms with Crippen molar-refractivity contribution in [1.82, 2.24) is 24.3 Å². The Bertz CT molecular complexity index is 1350. The molecule has 4 heterocycles. The minimum Gasteiger partial charge on any atom is -0.376 e. The molecule has 0 unspecified atom stereocenters. The zero-order valence-electron chi connectivity index (χ0n) is 19.6. The van der Waals surface area contributed by atoms with Crippen molar-refractivity contribution in [1.29, 1.82) is 0 Å². The SMILES string of the molecule is Cc1cc(C(=O)CSc2nnc(-c3cccnc3)n2-c2ccccc2F)c(C)n1C[C@H]1CCCO1. The number of hydrogen-bond donors (Lipinski definition) is 0. The molecule has 0 aliphatic carbocycles. The molecule has 1 atom stereocenters. The number of aryl methyl sites for hydroxylation is 1. The number of benzene rings is 1. The summed E-state index contributed by atoms with van der Waals surface area (Å²) in [6.45, 7) is 5.55. The van der Waals surface area contributed by atoms with Gasteiger partial charge in [-0.1, -0.05) is 23.9 Å². The van der Waals surface area contributed by atoms with Crippen LogP contribution in [0.3, 0.4) is 0 Å². The summed E-state index contributed by atoms with van der Waals surface area (Å²) in [7, 11) is 0. The van der Waals surface area contributed by atoms with E-state index in [2.05, 4.69) is 19.7 Å². The molecule has 5 rings (SSSR count). The van der Waals surface area contributed by atoms with Crippen molar-refractivity contribution in [2.45, 2.75) is 44.5 Å². The molecule has 0 radical (unpaired) electrons. The highest BCUT2D eigenvalue weighted by molar-refractivity contribution is 7.99. The number of aromatic nitrogens is 5. The molecular formula is C26H26FN5O2S. The Kier molecular flexibility index (Phi) is 6.79. The number of hydrogen-bond acceptors (Lipinski definition) is 6. The lowest BCUT2D eigenvalue weighted by Crippen LogP contribution is -2.17. The Morgan fingerprint density at radius 3 is 2.80 bits per heavy atom. The Hall–Kier alpha value is -3.30. The largest absolute Gasteiger partial charge is 0.376 e. The first-order valence-corrected chi connectivity index (χ1v) is 12.6. The summed E-state index contributed by atoms with van der Waals surface area (Å²) in [5, 5.41) is 9.04. The summed E-state index contributed by atoms with van der Waals surface area (Å²) in [6, 6.07) is 12.0. The summed E-state index contributed by atoms with van der Waals surface area (Å²) in [4.78, 5) is 17.4. The third-order valence-corrected chi connectivity index (χ3v) is 7.19. The number of halogens is 1. The molecule has 9 heteroatoms. The van der Waals surface area contributed by atoms with Crippen LogP contribution >= 0.6 is 11.8 Å². The fourth-order valence-electron chi connectivity index (χ4n) is 4.46. The molecule has 0 amide bonds. The number of thioether (sulfide) groups is 1. The first-order chi connectivity index (χ1) is 17.0. The normalized spacial score (nSPS) is 15.6. The van der Waals surface area contributed by atoms with Gasteiger partial charge in [0.25, 0.3) is 0 Å². The maximum absolute atomic E-state index is 14.8. The van der Waals surface area contributed by atoms with Crippen LogP contribution in [0.2, 0.25) is 0 Å². The minimum absolute atomic E-state index is 0.00676. The van der Waals surface area contributed by atoms with Crippen LogP contribution in [0.15, 0.2) is 60.0 Å². The van der Waals surface area contributed by atoms with Crippen LogP contribution in [0.5, 0.6) is 0 Å². The molecule has 0 spiro atoms. The molecular weight excluding hydrogens is 465 g/mol. The highest BCUT2D eigenvalue weighted by atomic mass is 32.2. The summed E-state index contributed by atoms with van der Waals surface area (Å²) < 4.78 is 24.4. The van der Waals surface area contributed by atoms with Gasteiger partial charge in [-0.2, -0.15) is 0 Å². The van der Waals surface area contributed by atoms with Crippen LogP contribution in [-0.2, 0) is 11.3 Å². The highest BCUT2D eigenvalue weighted by Crippen LogP contribution is 2.30. The van der Waals surface area contributed by atoms with Crippen LogP contribution < -0.4 is 0 Å². The van der Waals surface area contributed by atoms with E-state index in [9.17, 15) is 9.18 Å². The second-order valence-electron chi connectivity index (χ2n) is 8.58. The van der Waals surface area contributed by atoms with E-state index in [1.807, 2.05) is 26.0 Å². The lowest BCUT2D eigenvalue weighted by Gasteiger charge is -2.14. The number of ether oxygens (including phenoxy) is 1. The van der Waals surface area contributed by atoms with Crippen LogP contribution in [0.1, 0.15) is 34.6 Å². The van der Waals surface area contributed by atoms with E-state index in [1.54, 1.807) is 41.2 Å². The number of Topliss-reactive ketones (excluding diaryl/α,β-unsaturated/α-hetero) is 1. The van der Waals surface area contributed by atoms with Gasteiger partial charge >= 0.3 is 0 Å². The number of ketones is 1. The summed E-state index contributed by atoms with van der Waals surface area (Å²) in [6.07, 6.45) is 5.64. The van der Waals surface area contributed by atoms with E-state index in [-0.39, 0.29) is 17.6 Å². The number of carbonyl (C=O) groups is 1. The molecule has 1 aromatic carbocycles. The number of para-hydroxylation sites is 1. The molecule has 0 N–H and O–H groups in total. The quantitative estimate of drug-likeness (QED) is 0.254. The van der Waals surface area contributed by atoms with Gasteiger partial charge in [0.05, 0.1) is 17.5 Å². The lowest BCUT2D eigenvalue weighted by atomic mass is 10.2. The molecule has 1 fully saturated rings. The maximum atomic E-state index is 14.8. The van der Waals surface area contributed by atoms with Crippen molar-refractivity contribution < 1.29 is 13.9 Å². The smallest absolute Gasteiger partial charge is 0.196 e. The summed E-state index contributed by atoms with van der Waals surface area (Å²) in [5.41, 5.74) is 3.70. The van der Waals surface area contributed by atoms with Gasteiger partial charge in [-0.05, 0) is 57.0 Å². The highest BCUT2D eigenvalue weighted by Gasteiger charge is 2.23. The average Bonchev–Trinajstić information content (AvgIpc) is 3.60. The second kappa shape index (κ2) is 10.1. The second-order valence-corrected chi connectivity index (χ2v) is 9.52. The van der Waals surface area contributed by atoms with Gasteiger partial charge in [-0.25, -0.2) is 4.39 Å². The molecule has 7 nitrogen and oxygen atoms in total. The van der Waals surface area contributed by atoms with E-state index >= 15 is 0 Å². The fraction of sp³-hybridized carbons (Fsp3) is 0.308. The van der Waals surface area contributed by atoms with Gasteiger partial charge in [-0.3, -0.25) is 14.3 Å². The standard InChI is InChI=1S/C26H26FN5O2S/c1-17-13-21(18(2)31(17)15-20-8-6-12-34-20)24(33)16-35-26-30-29-25(19-7-5-11-28-14-19)32(26)23-10-4-3-9-22(23)27/h3-5,7,9-11,13-14,20H,6,8,12,15-16H2,1-2H3/t20-/m1/s1. The Labute approximate surface area is 207 Å². The van der Waals surface area contributed by atoms with E-state index in [0.717, 1.165) is 37.4 Å². The van der Waals surface area contributed by atoms with E-state index in [4.69, 9.17) is 4.74 Å². The first kappa shape index (κ1) is 23.4. The predicted molar refractivity (Wildman–Crippen MR) is 132 cm³/mol. The molecule has 180 valence electrons. The summed E-state index contributed by atoms with van der Waals surface area (Å²) in [5.74, 6) is 0.216. The van der Waals surface area contributed by atoms with E-state index in [0.29, 0.717) is 27.8 Å². The first-order valence-electron chi connectivity index (χ1n) is 11.6. The van der Waals surface area contributed by atoms with Crippen molar-refractivity contribution >= 4 is 17.5 Å². The van der Waals surface area contributed by atoms with E-state index < -0.39 is 5.82 Å². The van der Waals surface area contributed by atoms with Gasteiger partial charge in [0, 0.05) is 48.1 Å². The van der Waals surface area contributed by atoms with Gasteiger partial charge in [-0.15, -0.1) is 10.2 Å². The zero-order valence-corrected chi connectivity index (χ0v) is 20.5. The van der Waals surface area contributed by atoms with Gasteiger partial charge < -0.3 is 9.30 Å². The van der Waals surface area contributed by atoms with Crippen molar-refractivity contribution in [3.63, 3.8) is 0 Å². The Balaban J connectivity index is 1.41. The predicted octanol–water partition coefficient (Wildman–Crippen LogP) is 5.04. The number of rotatable bonds is 8. The van der Waals surface area contributed by atoms with Gasteiger partial charge in [0.1, 0.15) is 5.82 Å². The van der Waals surface area contributed by atoms with Gasteiger partial charge in [0.2, 0.25) is 0 Å². The van der Waals surface area contributed by atoms with Crippen molar-refractivity contribution in [2.24, 2.45) is 0 Å². The topological polar surface area (TPSA) is 74.8 Å². The Morgan fingerprint density at radius 1 is 1.20 bits per heavy atom. The molecule has 35 heavy (non-hydrogen) atoms. The number of pyridine rings is 1. The molecule has 1 saturated heterocycles. The maximum Gasteiger partial charge on any atom is 0.196 e. The number of nitrogens with zero attached hydrogens (tertiary/aromatic N) is 5. The van der Waals surface area contributed by atoms with Crippen LogP contribution in [-0.4, -0.2) is 48.6 Å². The third kappa shape index (κ3) is 4.78. The molecule has 1 aliphatic rings. The average molecular weight is 492 g/mol. The van der Waals surface area contributed by atoms with Crippen LogP contribution in [0, 0.1) is 19.7 Å². The van der Waals surface area contributed by atoms with Crippen LogP contribution in [0.25, 0.3) is 17.1 Å².